The smallest absolute Gasteiger partial charge is 0.265 e. The maximum atomic E-state index is 13.2. The summed E-state index contributed by atoms with van der Waals surface area (Å²) in [5.41, 5.74) is 2.07. The summed E-state index contributed by atoms with van der Waals surface area (Å²) in [6.45, 7) is 2.46. The molecule has 3 aromatic rings. The molecular formula is C24H26N4O3S2. The van der Waals surface area contributed by atoms with Crippen LogP contribution < -0.4 is 9.21 Å². The Morgan fingerprint density at radius 2 is 1.79 bits per heavy atom. The first kappa shape index (κ1) is 22.1. The van der Waals surface area contributed by atoms with Gasteiger partial charge in [-0.1, -0.05) is 30.3 Å². The van der Waals surface area contributed by atoms with E-state index in [0.29, 0.717) is 17.6 Å². The molecule has 0 saturated carbocycles. The summed E-state index contributed by atoms with van der Waals surface area (Å²) >= 11 is 1.27. The fraction of sp³-hybridized carbons (Fsp3) is 0.333. The Morgan fingerprint density at radius 1 is 1.03 bits per heavy atom. The predicted molar refractivity (Wildman–Crippen MR) is 130 cm³/mol. The highest BCUT2D eigenvalue weighted by molar-refractivity contribution is 7.93. The molecule has 33 heavy (non-hydrogen) atoms. The number of benzene rings is 2. The molecule has 2 fully saturated rings. The molecule has 2 unspecified atom stereocenters. The van der Waals surface area contributed by atoms with Crippen molar-refractivity contribution in [2.45, 2.75) is 29.7 Å². The van der Waals surface area contributed by atoms with Gasteiger partial charge in [-0.05, 0) is 55.1 Å². The van der Waals surface area contributed by atoms with E-state index in [-0.39, 0.29) is 16.8 Å². The standard InChI is InChI=1S/C24H26N4O3S2/c1-26(24-25-13-16-32-24)33(30,31)21-9-7-20(8-10-21)28-15-12-22(23(28)29)27-14-11-19(17-27)18-5-3-2-4-6-18/h2-10,13,16,19,22H,11-12,14-15,17H2,1H3. The Labute approximate surface area is 198 Å². The van der Waals surface area contributed by atoms with Gasteiger partial charge in [0.25, 0.3) is 10.0 Å². The van der Waals surface area contributed by atoms with Crippen LogP contribution >= 0.6 is 11.3 Å². The van der Waals surface area contributed by atoms with Gasteiger partial charge in [0, 0.05) is 37.4 Å². The van der Waals surface area contributed by atoms with E-state index >= 15 is 0 Å². The highest BCUT2D eigenvalue weighted by atomic mass is 32.2. The van der Waals surface area contributed by atoms with Gasteiger partial charge >= 0.3 is 0 Å². The van der Waals surface area contributed by atoms with Crippen LogP contribution in [0, 0.1) is 0 Å². The molecule has 0 bridgehead atoms. The molecule has 9 heteroatoms. The van der Waals surface area contributed by atoms with Gasteiger partial charge in [-0.15, -0.1) is 11.3 Å². The van der Waals surface area contributed by atoms with Crippen molar-refractivity contribution < 1.29 is 13.2 Å². The van der Waals surface area contributed by atoms with E-state index in [1.54, 1.807) is 40.7 Å². The van der Waals surface area contributed by atoms with Crippen LogP contribution in [0.2, 0.25) is 0 Å². The average Bonchev–Trinajstić information content (AvgIpc) is 3.60. The Morgan fingerprint density at radius 3 is 2.48 bits per heavy atom. The summed E-state index contributed by atoms with van der Waals surface area (Å²) in [7, 11) is -2.21. The fourth-order valence-corrected chi connectivity index (χ4v) is 6.74. The monoisotopic (exact) mass is 482 g/mol. The maximum Gasteiger partial charge on any atom is 0.265 e. The van der Waals surface area contributed by atoms with Gasteiger partial charge in [-0.3, -0.25) is 9.69 Å². The van der Waals surface area contributed by atoms with Crippen molar-refractivity contribution >= 4 is 38.1 Å². The number of thiazole rings is 1. The second-order valence-corrected chi connectivity index (χ2v) is 11.3. The molecule has 5 rings (SSSR count). The first-order valence-electron chi connectivity index (χ1n) is 11.0. The van der Waals surface area contributed by atoms with Crippen LogP contribution in [-0.2, 0) is 14.8 Å². The van der Waals surface area contributed by atoms with E-state index in [9.17, 15) is 13.2 Å². The molecule has 1 aromatic heterocycles. The van der Waals surface area contributed by atoms with Crippen molar-refractivity contribution in [2.24, 2.45) is 0 Å². The molecule has 1 amide bonds. The van der Waals surface area contributed by atoms with Crippen molar-refractivity contribution in [3.8, 4) is 0 Å². The molecule has 3 heterocycles. The van der Waals surface area contributed by atoms with E-state index in [4.69, 9.17) is 0 Å². The number of hydrogen-bond donors (Lipinski definition) is 0. The molecule has 2 aliphatic rings. The molecule has 0 radical (unpaired) electrons. The Balaban J connectivity index is 1.27. The largest absolute Gasteiger partial charge is 0.311 e. The zero-order valence-corrected chi connectivity index (χ0v) is 20.0. The molecule has 0 spiro atoms. The van der Waals surface area contributed by atoms with Gasteiger partial charge in [0.1, 0.15) is 0 Å². The summed E-state index contributed by atoms with van der Waals surface area (Å²) in [5, 5.41) is 2.15. The molecule has 0 N–H and O–H groups in total. The van der Waals surface area contributed by atoms with Crippen molar-refractivity contribution in [3.63, 3.8) is 0 Å². The quantitative estimate of drug-likeness (QED) is 0.537. The van der Waals surface area contributed by atoms with Crippen molar-refractivity contribution in [1.82, 2.24) is 9.88 Å². The molecule has 172 valence electrons. The van der Waals surface area contributed by atoms with E-state index in [1.807, 2.05) is 6.07 Å². The van der Waals surface area contributed by atoms with E-state index in [1.165, 1.54) is 28.3 Å². The summed E-state index contributed by atoms with van der Waals surface area (Å²) in [6.07, 6.45) is 3.42. The van der Waals surface area contributed by atoms with Crippen LogP contribution in [0.4, 0.5) is 10.8 Å². The number of rotatable bonds is 6. The zero-order valence-electron chi connectivity index (χ0n) is 18.4. The molecule has 2 saturated heterocycles. The number of carbonyl (C=O) groups is 1. The molecule has 2 atom stereocenters. The molecule has 2 aliphatic heterocycles. The third-order valence-electron chi connectivity index (χ3n) is 6.60. The predicted octanol–water partition coefficient (Wildman–Crippen LogP) is 3.56. The minimum atomic E-state index is -3.70. The van der Waals surface area contributed by atoms with Gasteiger partial charge in [0.15, 0.2) is 5.13 Å². The summed E-state index contributed by atoms with van der Waals surface area (Å²) < 4.78 is 27.0. The highest BCUT2D eigenvalue weighted by Gasteiger charge is 2.39. The first-order valence-corrected chi connectivity index (χ1v) is 13.4. The zero-order chi connectivity index (χ0) is 23.0. The number of amides is 1. The number of likely N-dealkylation sites (tertiary alicyclic amines) is 1. The third-order valence-corrected chi connectivity index (χ3v) is 9.33. The Bertz CT molecular complexity index is 1210. The number of nitrogens with zero attached hydrogens (tertiary/aromatic N) is 4. The van der Waals surface area contributed by atoms with Crippen LogP contribution in [0.25, 0.3) is 0 Å². The molecule has 2 aromatic carbocycles. The minimum Gasteiger partial charge on any atom is -0.311 e. The van der Waals surface area contributed by atoms with Gasteiger partial charge in [-0.25, -0.2) is 17.7 Å². The third kappa shape index (κ3) is 4.16. The lowest BCUT2D eigenvalue weighted by atomic mass is 9.99. The van der Waals surface area contributed by atoms with Crippen LogP contribution in [0.5, 0.6) is 0 Å². The molecule has 0 aliphatic carbocycles. The minimum absolute atomic E-state index is 0.0965. The SMILES string of the molecule is CN(c1nccs1)S(=O)(=O)c1ccc(N2CCC(N3CCC(c4ccccc4)C3)C2=O)cc1. The lowest BCUT2D eigenvalue weighted by Gasteiger charge is -2.24. The van der Waals surface area contributed by atoms with E-state index < -0.39 is 10.0 Å². The number of sulfonamides is 1. The van der Waals surface area contributed by atoms with Crippen LogP contribution in [0.1, 0.15) is 24.3 Å². The average molecular weight is 483 g/mol. The Kier molecular flexibility index (Phi) is 5.94. The first-order chi connectivity index (χ1) is 15.9. The van der Waals surface area contributed by atoms with Crippen LogP contribution in [0.15, 0.2) is 71.1 Å². The van der Waals surface area contributed by atoms with E-state index in [0.717, 1.165) is 31.6 Å². The van der Waals surface area contributed by atoms with Gasteiger partial charge < -0.3 is 4.90 Å². The number of hydrogen-bond acceptors (Lipinski definition) is 6. The maximum absolute atomic E-state index is 13.2. The second kappa shape index (κ2) is 8.89. The lowest BCUT2D eigenvalue weighted by molar-refractivity contribution is -0.121. The number of carbonyl (C=O) groups excluding carboxylic acids is 1. The normalized spacial score (nSPS) is 21.6. The van der Waals surface area contributed by atoms with Crippen molar-refractivity contribution in [2.75, 3.05) is 35.9 Å². The van der Waals surface area contributed by atoms with Gasteiger partial charge in [-0.2, -0.15) is 0 Å². The lowest BCUT2D eigenvalue weighted by Crippen LogP contribution is -2.40. The molecular weight excluding hydrogens is 456 g/mol. The van der Waals surface area contributed by atoms with Crippen molar-refractivity contribution in [3.05, 3.63) is 71.7 Å². The van der Waals surface area contributed by atoms with Gasteiger partial charge in [0.05, 0.1) is 10.9 Å². The second-order valence-electron chi connectivity index (χ2n) is 8.47. The topological polar surface area (TPSA) is 73.8 Å². The summed E-state index contributed by atoms with van der Waals surface area (Å²) in [4.78, 5) is 21.6. The van der Waals surface area contributed by atoms with Crippen LogP contribution in [0.3, 0.4) is 0 Å². The Hall–Kier alpha value is -2.75. The fourth-order valence-electron chi connectivity index (χ4n) is 4.76. The molecule has 7 nitrogen and oxygen atoms in total. The summed E-state index contributed by atoms with van der Waals surface area (Å²) in [6, 6.07) is 17.0. The summed E-state index contributed by atoms with van der Waals surface area (Å²) in [5.74, 6) is 0.562. The number of anilines is 2. The van der Waals surface area contributed by atoms with Crippen molar-refractivity contribution in [1.29, 1.82) is 0 Å². The van der Waals surface area contributed by atoms with Gasteiger partial charge in [0.2, 0.25) is 5.91 Å². The van der Waals surface area contributed by atoms with E-state index in [2.05, 4.69) is 34.1 Å². The number of aromatic nitrogens is 1. The van der Waals surface area contributed by atoms with Crippen LogP contribution in [-0.4, -0.2) is 56.9 Å². The highest BCUT2D eigenvalue weighted by Crippen LogP contribution is 2.33.